The molecule has 2 aromatic rings. The predicted molar refractivity (Wildman–Crippen MR) is 124 cm³/mol. The van der Waals surface area contributed by atoms with Gasteiger partial charge in [0.2, 0.25) is 0 Å². The highest BCUT2D eigenvalue weighted by atomic mass is 32.2. The summed E-state index contributed by atoms with van der Waals surface area (Å²) in [6.45, 7) is 3.42. The second-order valence-corrected chi connectivity index (χ2v) is 8.87. The van der Waals surface area contributed by atoms with Crippen molar-refractivity contribution in [2.45, 2.75) is 57.8 Å². The second kappa shape index (κ2) is 12.9. The Morgan fingerprint density at radius 2 is 1.39 bits per heavy atom. The molecule has 5 atom stereocenters. The number of benzene rings is 2. The van der Waals surface area contributed by atoms with Crippen molar-refractivity contribution < 1.29 is 33.3 Å². The molecule has 0 saturated carbocycles. The molecule has 0 bridgehead atoms. The molecule has 0 amide bonds. The summed E-state index contributed by atoms with van der Waals surface area (Å²) in [5.41, 5.74) is 1.95. The summed E-state index contributed by atoms with van der Waals surface area (Å²) in [5, 5.41) is -0.0571. The maximum Gasteiger partial charge on any atom is 0.303 e. The molecule has 2 aromatic carbocycles. The number of carbonyl (C=O) groups is 2. The van der Waals surface area contributed by atoms with Crippen LogP contribution in [0.15, 0.2) is 60.7 Å². The van der Waals surface area contributed by atoms with Crippen LogP contribution in [0.5, 0.6) is 0 Å². The van der Waals surface area contributed by atoms with Crippen LogP contribution >= 0.6 is 11.8 Å². The minimum Gasteiger partial charge on any atom is -0.457 e. The maximum atomic E-state index is 12.0. The molecule has 0 spiro atoms. The van der Waals surface area contributed by atoms with E-state index in [2.05, 4.69) is 0 Å². The van der Waals surface area contributed by atoms with Crippen LogP contribution in [0.2, 0.25) is 0 Å². The van der Waals surface area contributed by atoms with E-state index >= 15 is 0 Å². The highest BCUT2D eigenvalue weighted by molar-refractivity contribution is 8.13. The standard InChI is InChI=1S/C25H30O7S/c1-17(26)31-22-21(16-33-18(2)27)32-25(28-3)24(30-15-20-12-8-5-9-13-20)23(22)29-14-19-10-6-4-7-11-19/h4-13,21-25H,14-16H2,1-3H3/t21-,22+,23+,24-,25-/m1/s1. The summed E-state index contributed by atoms with van der Waals surface area (Å²) < 4.78 is 29.9. The molecule has 0 aromatic heterocycles. The van der Waals surface area contributed by atoms with Gasteiger partial charge in [0.15, 0.2) is 17.5 Å². The summed E-state index contributed by atoms with van der Waals surface area (Å²) in [5.74, 6) is -0.170. The normalized spacial score (nSPS) is 24.9. The molecule has 3 rings (SSSR count). The highest BCUT2D eigenvalue weighted by Gasteiger charge is 2.49. The van der Waals surface area contributed by atoms with E-state index in [9.17, 15) is 9.59 Å². The quantitative estimate of drug-likeness (QED) is 0.482. The first-order chi connectivity index (χ1) is 16.0. The van der Waals surface area contributed by atoms with Gasteiger partial charge in [-0.3, -0.25) is 9.59 Å². The molecule has 1 saturated heterocycles. The SMILES string of the molecule is CO[C@@H]1O[C@H](CSC(C)=O)[C@H](OC(C)=O)[C@H](OCc2ccccc2)[C@H]1OCc1ccccc1. The molecule has 0 aliphatic carbocycles. The van der Waals surface area contributed by atoms with Gasteiger partial charge >= 0.3 is 5.97 Å². The van der Waals surface area contributed by atoms with E-state index in [0.29, 0.717) is 12.4 Å². The zero-order chi connectivity index (χ0) is 23.6. The number of hydrogen-bond donors (Lipinski definition) is 0. The number of rotatable bonds is 10. The Bertz CT molecular complexity index is 877. The van der Waals surface area contributed by atoms with E-state index in [4.69, 9.17) is 23.7 Å². The van der Waals surface area contributed by atoms with Gasteiger partial charge in [-0.1, -0.05) is 72.4 Å². The van der Waals surface area contributed by atoms with Gasteiger partial charge in [-0.2, -0.15) is 0 Å². The minimum absolute atomic E-state index is 0.0571. The van der Waals surface area contributed by atoms with E-state index in [1.54, 1.807) is 0 Å². The highest BCUT2D eigenvalue weighted by Crippen LogP contribution is 2.32. The van der Waals surface area contributed by atoms with Crippen molar-refractivity contribution in [1.82, 2.24) is 0 Å². The van der Waals surface area contributed by atoms with Crippen molar-refractivity contribution in [1.29, 1.82) is 0 Å². The van der Waals surface area contributed by atoms with Gasteiger partial charge in [0.1, 0.15) is 18.3 Å². The zero-order valence-corrected chi connectivity index (χ0v) is 19.9. The number of esters is 1. The Morgan fingerprint density at radius 3 is 1.88 bits per heavy atom. The van der Waals surface area contributed by atoms with E-state index in [1.165, 1.54) is 21.0 Å². The lowest BCUT2D eigenvalue weighted by molar-refractivity contribution is -0.308. The first-order valence-electron chi connectivity index (χ1n) is 10.8. The molecular formula is C25H30O7S. The first-order valence-corrected chi connectivity index (χ1v) is 11.8. The van der Waals surface area contributed by atoms with Crippen molar-refractivity contribution in [3.05, 3.63) is 71.8 Å². The van der Waals surface area contributed by atoms with Gasteiger partial charge in [0.05, 0.1) is 13.2 Å². The van der Waals surface area contributed by atoms with Crippen molar-refractivity contribution >= 4 is 22.8 Å². The lowest BCUT2D eigenvalue weighted by atomic mass is 9.98. The van der Waals surface area contributed by atoms with Crippen molar-refractivity contribution in [2.24, 2.45) is 0 Å². The topological polar surface area (TPSA) is 80.3 Å². The lowest BCUT2D eigenvalue weighted by Crippen LogP contribution is -2.61. The van der Waals surface area contributed by atoms with Crippen LogP contribution in [0, 0.1) is 0 Å². The van der Waals surface area contributed by atoms with Gasteiger partial charge in [-0.15, -0.1) is 0 Å². The molecule has 1 heterocycles. The van der Waals surface area contributed by atoms with Crippen LogP contribution in [-0.2, 0) is 46.5 Å². The average molecular weight is 475 g/mol. The van der Waals surface area contributed by atoms with Crippen LogP contribution in [0.4, 0.5) is 0 Å². The van der Waals surface area contributed by atoms with Gasteiger partial charge in [0.25, 0.3) is 0 Å². The van der Waals surface area contributed by atoms with Crippen molar-refractivity contribution in [2.75, 3.05) is 12.9 Å². The van der Waals surface area contributed by atoms with Crippen LogP contribution in [0.3, 0.4) is 0 Å². The Kier molecular flexibility index (Phi) is 9.90. The Balaban J connectivity index is 1.86. The van der Waals surface area contributed by atoms with Gasteiger partial charge in [-0.25, -0.2) is 0 Å². The molecule has 1 fully saturated rings. The summed E-state index contributed by atoms with van der Waals surface area (Å²) >= 11 is 1.10. The maximum absolute atomic E-state index is 12.0. The third-order valence-corrected chi connectivity index (χ3v) is 6.05. The summed E-state index contributed by atoms with van der Waals surface area (Å²) in [6.07, 6.45) is -3.48. The molecule has 33 heavy (non-hydrogen) atoms. The van der Waals surface area contributed by atoms with Crippen LogP contribution in [0.25, 0.3) is 0 Å². The Labute approximate surface area is 198 Å². The average Bonchev–Trinajstić information content (AvgIpc) is 2.82. The molecule has 0 radical (unpaired) electrons. The van der Waals surface area contributed by atoms with Gasteiger partial charge in [-0.05, 0) is 11.1 Å². The fraction of sp³-hybridized carbons (Fsp3) is 0.440. The third kappa shape index (κ3) is 7.65. The molecule has 0 N–H and O–H groups in total. The molecular weight excluding hydrogens is 444 g/mol. The number of ether oxygens (including phenoxy) is 5. The summed E-state index contributed by atoms with van der Waals surface area (Å²) in [7, 11) is 1.53. The number of methoxy groups -OCH3 is 1. The molecule has 8 heteroatoms. The summed E-state index contributed by atoms with van der Waals surface area (Å²) in [4.78, 5) is 23.6. The Morgan fingerprint density at radius 1 is 0.848 bits per heavy atom. The van der Waals surface area contributed by atoms with E-state index in [1.807, 2.05) is 60.7 Å². The van der Waals surface area contributed by atoms with Crippen LogP contribution < -0.4 is 0 Å². The molecule has 1 aliphatic heterocycles. The van der Waals surface area contributed by atoms with Crippen molar-refractivity contribution in [3.8, 4) is 0 Å². The van der Waals surface area contributed by atoms with E-state index < -0.39 is 36.7 Å². The zero-order valence-electron chi connectivity index (χ0n) is 19.0. The van der Waals surface area contributed by atoms with Crippen molar-refractivity contribution in [3.63, 3.8) is 0 Å². The van der Waals surface area contributed by atoms with Crippen LogP contribution in [-0.4, -0.2) is 54.7 Å². The summed E-state index contributed by atoms with van der Waals surface area (Å²) in [6, 6.07) is 19.4. The smallest absolute Gasteiger partial charge is 0.303 e. The lowest BCUT2D eigenvalue weighted by Gasteiger charge is -2.45. The number of hydrogen-bond acceptors (Lipinski definition) is 8. The molecule has 7 nitrogen and oxygen atoms in total. The molecule has 1 aliphatic rings. The predicted octanol–water partition coefficient (Wildman–Crippen LogP) is 3.74. The Hall–Kier alpha value is -2.23. The fourth-order valence-electron chi connectivity index (χ4n) is 3.63. The number of carbonyl (C=O) groups excluding carboxylic acids is 2. The molecule has 178 valence electrons. The van der Waals surface area contributed by atoms with Crippen LogP contribution in [0.1, 0.15) is 25.0 Å². The fourth-order valence-corrected chi connectivity index (χ4v) is 4.30. The van der Waals surface area contributed by atoms with Gasteiger partial charge < -0.3 is 23.7 Å². The minimum atomic E-state index is -0.773. The molecule has 0 unspecified atom stereocenters. The number of thioether (sulfide) groups is 1. The van der Waals surface area contributed by atoms with E-state index in [0.717, 1.165) is 22.9 Å². The first kappa shape index (κ1) is 25.4. The second-order valence-electron chi connectivity index (χ2n) is 7.68. The third-order valence-electron chi connectivity index (χ3n) is 5.15. The largest absolute Gasteiger partial charge is 0.457 e. The van der Waals surface area contributed by atoms with E-state index in [-0.39, 0.29) is 11.7 Å². The monoisotopic (exact) mass is 474 g/mol. The van der Waals surface area contributed by atoms with Gasteiger partial charge in [0, 0.05) is 26.7 Å².